The Morgan fingerprint density at radius 3 is 2.35 bits per heavy atom. The molecule has 1 amide bonds. The van der Waals surface area contributed by atoms with Gasteiger partial charge in [0.2, 0.25) is 5.91 Å². The molecular formula is C22H28ClNO2. The van der Waals surface area contributed by atoms with Gasteiger partial charge in [-0.15, -0.1) is 0 Å². The van der Waals surface area contributed by atoms with Crippen LogP contribution in [0.25, 0.3) is 0 Å². The number of halogens is 1. The van der Waals surface area contributed by atoms with Crippen LogP contribution in [-0.2, 0) is 10.2 Å². The van der Waals surface area contributed by atoms with Gasteiger partial charge in [-0.05, 0) is 73.0 Å². The summed E-state index contributed by atoms with van der Waals surface area (Å²) in [5, 5.41) is 10.4. The minimum absolute atomic E-state index is 0.0599. The van der Waals surface area contributed by atoms with Crippen molar-refractivity contribution in [2.75, 3.05) is 13.1 Å². The monoisotopic (exact) mass is 373 g/mol. The van der Waals surface area contributed by atoms with Gasteiger partial charge in [-0.2, -0.15) is 0 Å². The Hall–Kier alpha value is -1.06. The Bertz CT molecular complexity index is 697. The average molecular weight is 374 g/mol. The van der Waals surface area contributed by atoms with Gasteiger partial charge in [0.25, 0.3) is 0 Å². The Labute approximate surface area is 160 Å². The number of hydrogen-bond acceptors (Lipinski definition) is 2. The second-order valence-corrected chi connectivity index (χ2v) is 9.83. The number of benzene rings is 1. The van der Waals surface area contributed by atoms with Crippen molar-refractivity contribution in [3.63, 3.8) is 0 Å². The molecule has 6 rings (SSSR count). The zero-order valence-corrected chi connectivity index (χ0v) is 16.2. The fraction of sp³-hybridized carbons (Fsp3) is 0.682. The minimum atomic E-state index is -0.333. The van der Waals surface area contributed by atoms with Crippen LogP contribution in [0, 0.1) is 29.6 Å². The Morgan fingerprint density at radius 1 is 1.19 bits per heavy atom. The molecule has 1 aromatic rings. The van der Waals surface area contributed by atoms with Crippen LogP contribution < -0.4 is 0 Å². The molecular weight excluding hydrogens is 346 g/mol. The van der Waals surface area contributed by atoms with Crippen molar-refractivity contribution in [1.82, 2.24) is 4.90 Å². The number of nitrogens with zero attached hydrogens (tertiary/aromatic N) is 1. The van der Waals surface area contributed by atoms with E-state index in [9.17, 15) is 9.90 Å². The van der Waals surface area contributed by atoms with E-state index < -0.39 is 0 Å². The van der Waals surface area contributed by atoms with E-state index in [0.717, 1.165) is 22.8 Å². The lowest BCUT2D eigenvalue weighted by Gasteiger charge is -2.64. The molecule has 1 aromatic carbocycles. The topological polar surface area (TPSA) is 40.5 Å². The van der Waals surface area contributed by atoms with Crippen LogP contribution in [0.1, 0.15) is 44.6 Å². The van der Waals surface area contributed by atoms with Crippen LogP contribution in [-0.4, -0.2) is 35.1 Å². The molecule has 5 fully saturated rings. The maximum Gasteiger partial charge on any atom is 0.223 e. The van der Waals surface area contributed by atoms with Crippen molar-refractivity contribution in [3.05, 3.63) is 34.9 Å². The maximum absolute atomic E-state index is 13.1. The molecule has 5 aliphatic rings. The molecule has 0 aromatic heterocycles. The van der Waals surface area contributed by atoms with E-state index in [-0.39, 0.29) is 17.4 Å². The van der Waals surface area contributed by atoms with Crippen molar-refractivity contribution >= 4 is 17.5 Å². The number of carbonyl (C=O) groups is 1. The molecule has 3 nitrogen and oxygen atoms in total. The third-order valence-corrected chi connectivity index (χ3v) is 8.55. The molecule has 4 saturated carbocycles. The second kappa shape index (κ2) is 5.97. The fourth-order valence-corrected chi connectivity index (χ4v) is 7.12. The Balaban J connectivity index is 1.53. The number of likely N-dealkylation sites (tertiary alicyclic amines) is 1. The summed E-state index contributed by atoms with van der Waals surface area (Å²) >= 11 is 6.37. The standard InChI is InChI=1S/C22H28ClNO2/c1-13-14-5-17-7-15(13)8-18(6-14)22(17,16-3-2-4-19(23)9-16)10-21(26)24-11-20(25)12-24/h2-4,9,13-15,17-18,20,25H,5-8,10-12H2,1H3. The SMILES string of the molecule is CC1C2CC3CC1CC(C2)C3(CC(=O)N1CC(O)C1)c1cccc(Cl)c1. The predicted octanol–water partition coefficient (Wildman–Crippen LogP) is 3.87. The normalized spacial score (nSPS) is 41.3. The minimum Gasteiger partial charge on any atom is -0.389 e. The lowest BCUT2D eigenvalue weighted by Crippen LogP contribution is -2.61. The number of β-amino-alcohol motifs (C(OH)–C–C–N with tert-alkyl or cyclic N) is 1. The lowest BCUT2D eigenvalue weighted by atomic mass is 9.41. The van der Waals surface area contributed by atoms with Crippen molar-refractivity contribution in [2.24, 2.45) is 29.6 Å². The van der Waals surface area contributed by atoms with Crippen molar-refractivity contribution < 1.29 is 9.90 Å². The molecule has 4 heteroatoms. The van der Waals surface area contributed by atoms with Gasteiger partial charge in [0, 0.05) is 29.9 Å². The third-order valence-electron chi connectivity index (χ3n) is 8.31. The predicted molar refractivity (Wildman–Crippen MR) is 102 cm³/mol. The number of carbonyl (C=O) groups excluding carboxylic acids is 1. The number of aliphatic hydroxyl groups excluding tert-OH is 1. The largest absolute Gasteiger partial charge is 0.389 e. The Kier molecular flexibility index (Phi) is 3.92. The van der Waals surface area contributed by atoms with Gasteiger partial charge < -0.3 is 10.0 Å². The van der Waals surface area contributed by atoms with Gasteiger partial charge in [0.15, 0.2) is 0 Å². The summed E-state index contributed by atoms with van der Waals surface area (Å²) in [4.78, 5) is 14.9. The van der Waals surface area contributed by atoms with Crippen LogP contribution in [0.3, 0.4) is 0 Å². The van der Waals surface area contributed by atoms with Gasteiger partial charge in [-0.3, -0.25) is 4.79 Å². The molecule has 4 aliphatic carbocycles. The quantitative estimate of drug-likeness (QED) is 0.873. The van der Waals surface area contributed by atoms with Crippen molar-refractivity contribution in [3.8, 4) is 0 Å². The number of aliphatic hydroxyl groups is 1. The lowest BCUT2D eigenvalue weighted by molar-refractivity contribution is -0.151. The summed E-state index contributed by atoms with van der Waals surface area (Å²) in [5.41, 5.74) is 1.22. The van der Waals surface area contributed by atoms with Gasteiger partial charge in [-0.1, -0.05) is 30.7 Å². The van der Waals surface area contributed by atoms with Crippen LogP contribution in [0.5, 0.6) is 0 Å². The average Bonchev–Trinajstić information content (AvgIpc) is 2.57. The highest BCUT2D eigenvalue weighted by atomic mass is 35.5. The number of rotatable bonds is 3. The highest BCUT2D eigenvalue weighted by molar-refractivity contribution is 6.30. The fourth-order valence-electron chi connectivity index (χ4n) is 6.93. The van der Waals surface area contributed by atoms with E-state index in [1.807, 2.05) is 17.0 Å². The summed E-state index contributed by atoms with van der Waals surface area (Å²) < 4.78 is 0. The second-order valence-electron chi connectivity index (χ2n) is 9.40. The summed E-state index contributed by atoms with van der Waals surface area (Å²) in [7, 11) is 0. The summed E-state index contributed by atoms with van der Waals surface area (Å²) in [6.07, 6.45) is 5.30. The first-order valence-corrected chi connectivity index (χ1v) is 10.6. The molecule has 1 heterocycles. The van der Waals surface area contributed by atoms with Gasteiger partial charge in [0.1, 0.15) is 0 Å². The zero-order valence-electron chi connectivity index (χ0n) is 15.4. The van der Waals surface area contributed by atoms with Crippen molar-refractivity contribution in [2.45, 2.75) is 50.5 Å². The molecule has 0 unspecified atom stereocenters. The van der Waals surface area contributed by atoms with Crippen molar-refractivity contribution in [1.29, 1.82) is 0 Å². The van der Waals surface area contributed by atoms with E-state index in [4.69, 9.17) is 11.6 Å². The molecule has 1 N–H and O–H groups in total. The molecule has 26 heavy (non-hydrogen) atoms. The van der Waals surface area contributed by atoms with Gasteiger partial charge in [0.05, 0.1) is 6.10 Å². The van der Waals surface area contributed by atoms with Gasteiger partial charge in [-0.25, -0.2) is 0 Å². The first-order valence-electron chi connectivity index (χ1n) is 10.2. The molecule has 0 atom stereocenters. The first kappa shape index (κ1) is 17.1. The van der Waals surface area contributed by atoms with Crippen LogP contribution in [0.4, 0.5) is 0 Å². The molecule has 4 bridgehead atoms. The van der Waals surface area contributed by atoms with E-state index in [2.05, 4.69) is 19.1 Å². The molecule has 0 spiro atoms. The maximum atomic E-state index is 13.1. The van der Waals surface area contributed by atoms with E-state index >= 15 is 0 Å². The first-order chi connectivity index (χ1) is 12.5. The smallest absolute Gasteiger partial charge is 0.223 e. The third kappa shape index (κ3) is 2.39. The van der Waals surface area contributed by atoms with E-state index in [1.54, 1.807) is 0 Å². The highest BCUT2D eigenvalue weighted by Gasteiger charge is 2.60. The molecule has 1 saturated heterocycles. The highest BCUT2D eigenvalue weighted by Crippen LogP contribution is 2.65. The molecule has 1 aliphatic heterocycles. The number of amides is 1. The van der Waals surface area contributed by atoms with Crippen LogP contribution >= 0.6 is 11.6 Å². The van der Waals surface area contributed by atoms with Gasteiger partial charge >= 0.3 is 0 Å². The summed E-state index contributed by atoms with van der Waals surface area (Å²) in [6.45, 7) is 3.45. The van der Waals surface area contributed by atoms with E-state index in [1.165, 1.54) is 31.2 Å². The zero-order chi connectivity index (χ0) is 18.1. The van der Waals surface area contributed by atoms with Crippen LogP contribution in [0.2, 0.25) is 5.02 Å². The molecule has 0 radical (unpaired) electrons. The molecule has 140 valence electrons. The number of hydrogen-bond donors (Lipinski definition) is 1. The van der Waals surface area contributed by atoms with Crippen LogP contribution in [0.15, 0.2) is 24.3 Å². The summed E-state index contributed by atoms with van der Waals surface area (Å²) in [5.74, 6) is 3.93. The Morgan fingerprint density at radius 2 is 1.81 bits per heavy atom. The summed E-state index contributed by atoms with van der Waals surface area (Å²) in [6, 6.07) is 8.30. The van der Waals surface area contributed by atoms with E-state index in [0.29, 0.717) is 31.3 Å².